The second-order valence-electron chi connectivity index (χ2n) is 4.08. The molecule has 0 aliphatic carbocycles. The summed E-state index contributed by atoms with van der Waals surface area (Å²) in [5.74, 6) is 0. The van der Waals surface area contributed by atoms with E-state index < -0.39 is 17.8 Å². The van der Waals surface area contributed by atoms with Crippen LogP contribution in [0.15, 0.2) is 53.0 Å². The molecule has 19 heavy (non-hydrogen) atoms. The van der Waals surface area contributed by atoms with Gasteiger partial charge in [-0.3, -0.25) is 0 Å². The topological polar surface area (TPSA) is 20.2 Å². The van der Waals surface area contributed by atoms with Crippen LogP contribution in [0.1, 0.15) is 22.8 Å². The van der Waals surface area contributed by atoms with Crippen molar-refractivity contribution in [3.05, 3.63) is 69.7 Å². The normalized spacial score (nSPS) is 13.3. The van der Waals surface area contributed by atoms with Crippen LogP contribution >= 0.6 is 15.9 Å². The predicted molar refractivity (Wildman–Crippen MR) is 69.6 cm³/mol. The summed E-state index contributed by atoms with van der Waals surface area (Å²) in [5, 5.41) is 10.1. The van der Waals surface area contributed by atoms with Gasteiger partial charge in [0, 0.05) is 4.47 Å². The van der Waals surface area contributed by atoms with E-state index in [9.17, 15) is 18.3 Å². The first kappa shape index (κ1) is 14.1. The van der Waals surface area contributed by atoms with Crippen molar-refractivity contribution < 1.29 is 18.3 Å². The van der Waals surface area contributed by atoms with Crippen LogP contribution in [0, 0.1) is 0 Å². The van der Waals surface area contributed by atoms with Crippen molar-refractivity contribution in [2.24, 2.45) is 0 Å². The van der Waals surface area contributed by atoms with Gasteiger partial charge in [0.2, 0.25) is 0 Å². The maximum absolute atomic E-state index is 12.6. The third kappa shape index (κ3) is 3.36. The number of hydrogen-bond acceptors (Lipinski definition) is 1. The van der Waals surface area contributed by atoms with E-state index in [0.717, 1.165) is 16.6 Å². The molecule has 0 aromatic heterocycles. The Bertz CT molecular complexity index is 564. The van der Waals surface area contributed by atoms with Crippen molar-refractivity contribution in [1.82, 2.24) is 0 Å². The maximum atomic E-state index is 12.6. The highest BCUT2D eigenvalue weighted by Gasteiger charge is 2.30. The van der Waals surface area contributed by atoms with Gasteiger partial charge in [-0.05, 0) is 35.4 Å². The van der Waals surface area contributed by atoms with Gasteiger partial charge in [-0.2, -0.15) is 13.2 Å². The molecule has 2 rings (SSSR count). The summed E-state index contributed by atoms with van der Waals surface area (Å²) < 4.78 is 38.6. The Morgan fingerprint density at radius 1 is 0.947 bits per heavy atom. The molecule has 1 unspecified atom stereocenters. The molecule has 0 fully saturated rings. The molecule has 2 aromatic rings. The van der Waals surface area contributed by atoms with E-state index in [1.54, 1.807) is 24.3 Å². The quantitative estimate of drug-likeness (QED) is 0.856. The Balaban J connectivity index is 2.34. The molecule has 0 aliphatic heterocycles. The fourth-order valence-electron chi connectivity index (χ4n) is 1.72. The first-order chi connectivity index (χ1) is 8.88. The average Bonchev–Trinajstić information content (AvgIpc) is 2.38. The molecule has 0 aliphatic rings. The van der Waals surface area contributed by atoms with Crippen LogP contribution in [-0.2, 0) is 6.18 Å². The molecule has 5 heteroatoms. The second kappa shape index (κ2) is 5.35. The Hall–Kier alpha value is -1.33. The van der Waals surface area contributed by atoms with Gasteiger partial charge in [0.05, 0.1) is 5.56 Å². The smallest absolute Gasteiger partial charge is 0.384 e. The van der Waals surface area contributed by atoms with Crippen molar-refractivity contribution in [2.75, 3.05) is 0 Å². The molecule has 100 valence electrons. The third-order valence-corrected chi connectivity index (χ3v) is 3.24. The molecule has 1 nitrogen and oxygen atoms in total. The lowest BCUT2D eigenvalue weighted by molar-refractivity contribution is -0.137. The zero-order chi connectivity index (χ0) is 14.0. The van der Waals surface area contributed by atoms with E-state index in [1.165, 1.54) is 12.1 Å². The molecule has 0 radical (unpaired) electrons. The summed E-state index contributed by atoms with van der Waals surface area (Å²) in [4.78, 5) is 0. The van der Waals surface area contributed by atoms with Crippen molar-refractivity contribution in [1.29, 1.82) is 0 Å². The molecule has 0 bridgehead atoms. The monoisotopic (exact) mass is 330 g/mol. The van der Waals surface area contributed by atoms with Gasteiger partial charge in [-0.25, -0.2) is 0 Å². The lowest BCUT2D eigenvalue weighted by atomic mass is 10.00. The summed E-state index contributed by atoms with van der Waals surface area (Å²) in [6.07, 6.45) is -5.48. The van der Waals surface area contributed by atoms with Gasteiger partial charge in [-0.15, -0.1) is 0 Å². The molecule has 0 heterocycles. The first-order valence-corrected chi connectivity index (χ1v) is 6.28. The second-order valence-corrected chi connectivity index (χ2v) is 4.99. The van der Waals surface area contributed by atoms with Crippen LogP contribution < -0.4 is 0 Å². The summed E-state index contributed by atoms with van der Waals surface area (Å²) in [5.41, 5.74) is 0.000772. The van der Waals surface area contributed by atoms with Crippen LogP contribution in [0.25, 0.3) is 0 Å². The summed E-state index contributed by atoms with van der Waals surface area (Å²) in [6.45, 7) is 0. The Morgan fingerprint density at radius 2 is 1.58 bits per heavy atom. The van der Waals surface area contributed by atoms with Crippen molar-refractivity contribution >= 4 is 15.9 Å². The van der Waals surface area contributed by atoms with Gasteiger partial charge in [0.15, 0.2) is 0 Å². The lowest BCUT2D eigenvalue weighted by Gasteiger charge is -2.14. The summed E-state index contributed by atoms with van der Waals surface area (Å²) >= 11 is 3.26. The maximum Gasteiger partial charge on any atom is 0.416 e. The van der Waals surface area contributed by atoms with Gasteiger partial charge in [-0.1, -0.05) is 40.2 Å². The Labute approximate surface area is 116 Å². The zero-order valence-electron chi connectivity index (χ0n) is 9.66. The minimum absolute atomic E-state index is 0.220. The largest absolute Gasteiger partial charge is 0.416 e. The predicted octanol–water partition coefficient (Wildman–Crippen LogP) is 4.55. The standard InChI is InChI=1S/C14H10BrF3O/c15-12-6-4-9(5-7-12)13(19)10-2-1-3-11(8-10)14(16,17)18/h1-8,13,19H. The van der Waals surface area contributed by atoms with E-state index in [0.29, 0.717) is 5.56 Å². The number of halogens is 4. The molecule has 1 N–H and O–H groups in total. The summed E-state index contributed by atoms with van der Waals surface area (Å²) in [7, 11) is 0. The van der Waals surface area contributed by atoms with E-state index in [1.807, 2.05) is 0 Å². The molecule has 0 amide bonds. The minimum atomic E-state index is -4.41. The van der Waals surface area contributed by atoms with E-state index in [4.69, 9.17) is 0 Å². The average molecular weight is 331 g/mol. The number of hydrogen-bond donors (Lipinski definition) is 1. The van der Waals surface area contributed by atoms with Gasteiger partial charge < -0.3 is 5.11 Å². The number of aliphatic hydroxyl groups is 1. The Morgan fingerprint density at radius 3 is 2.16 bits per heavy atom. The molecule has 0 saturated carbocycles. The third-order valence-electron chi connectivity index (χ3n) is 2.72. The molecular weight excluding hydrogens is 321 g/mol. The minimum Gasteiger partial charge on any atom is -0.384 e. The number of aliphatic hydroxyl groups excluding tert-OH is 1. The first-order valence-electron chi connectivity index (χ1n) is 5.48. The molecular formula is C14H10BrF3O. The van der Waals surface area contributed by atoms with Crippen LogP contribution in [-0.4, -0.2) is 5.11 Å². The van der Waals surface area contributed by atoms with E-state index in [2.05, 4.69) is 15.9 Å². The van der Waals surface area contributed by atoms with Crippen molar-refractivity contribution in [3.8, 4) is 0 Å². The highest BCUT2D eigenvalue weighted by molar-refractivity contribution is 9.10. The number of rotatable bonds is 2. The van der Waals surface area contributed by atoms with E-state index in [-0.39, 0.29) is 5.56 Å². The Kier molecular flexibility index (Phi) is 3.96. The van der Waals surface area contributed by atoms with Crippen LogP contribution in [0.5, 0.6) is 0 Å². The zero-order valence-corrected chi connectivity index (χ0v) is 11.2. The fraction of sp³-hybridized carbons (Fsp3) is 0.143. The van der Waals surface area contributed by atoms with Gasteiger partial charge >= 0.3 is 6.18 Å². The molecule has 2 aromatic carbocycles. The molecule has 0 saturated heterocycles. The van der Waals surface area contributed by atoms with Gasteiger partial charge in [0.25, 0.3) is 0 Å². The fourth-order valence-corrected chi connectivity index (χ4v) is 1.99. The lowest BCUT2D eigenvalue weighted by Crippen LogP contribution is -2.07. The number of alkyl halides is 3. The summed E-state index contributed by atoms with van der Waals surface area (Å²) in [6, 6.07) is 11.5. The SMILES string of the molecule is OC(c1ccc(Br)cc1)c1cccc(C(F)(F)F)c1. The van der Waals surface area contributed by atoms with Crippen LogP contribution in [0.3, 0.4) is 0 Å². The molecule has 0 spiro atoms. The van der Waals surface area contributed by atoms with Gasteiger partial charge in [0.1, 0.15) is 6.10 Å². The molecule has 1 atom stereocenters. The van der Waals surface area contributed by atoms with Crippen molar-refractivity contribution in [3.63, 3.8) is 0 Å². The van der Waals surface area contributed by atoms with Crippen molar-refractivity contribution in [2.45, 2.75) is 12.3 Å². The van der Waals surface area contributed by atoms with Crippen LogP contribution in [0.4, 0.5) is 13.2 Å². The van der Waals surface area contributed by atoms with Crippen LogP contribution in [0.2, 0.25) is 0 Å². The highest BCUT2D eigenvalue weighted by Crippen LogP contribution is 2.32. The van der Waals surface area contributed by atoms with E-state index >= 15 is 0 Å². The number of benzene rings is 2. The highest BCUT2D eigenvalue weighted by atomic mass is 79.9.